The summed E-state index contributed by atoms with van der Waals surface area (Å²) in [6.45, 7) is 7.56. The van der Waals surface area contributed by atoms with E-state index in [4.69, 9.17) is 4.42 Å². The molecule has 30 heavy (non-hydrogen) atoms. The van der Waals surface area contributed by atoms with Crippen molar-refractivity contribution in [1.82, 2.24) is 20.5 Å². The van der Waals surface area contributed by atoms with Crippen LogP contribution in [0, 0.1) is 11.7 Å². The predicted octanol–water partition coefficient (Wildman–Crippen LogP) is 3.93. The van der Waals surface area contributed by atoms with Crippen molar-refractivity contribution in [3.05, 3.63) is 42.0 Å². The molecular formula is C22H33FIN5O. The third-order valence-corrected chi connectivity index (χ3v) is 5.36. The Labute approximate surface area is 195 Å². The number of aliphatic imine (C=N–C) groups is 1. The van der Waals surface area contributed by atoms with E-state index in [1.54, 1.807) is 25.4 Å². The molecule has 0 spiro atoms. The van der Waals surface area contributed by atoms with E-state index < -0.39 is 0 Å². The van der Waals surface area contributed by atoms with Crippen LogP contribution in [0.4, 0.5) is 4.39 Å². The Balaban J connectivity index is 0.00000320. The highest BCUT2D eigenvalue weighted by Gasteiger charge is 2.14. The van der Waals surface area contributed by atoms with Crippen molar-refractivity contribution in [2.24, 2.45) is 10.9 Å². The van der Waals surface area contributed by atoms with Crippen LogP contribution in [0.3, 0.4) is 0 Å². The van der Waals surface area contributed by atoms with Gasteiger partial charge in [-0.15, -0.1) is 24.0 Å². The number of nitrogens with one attached hydrogen (secondary N) is 2. The van der Waals surface area contributed by atoms with Gasteiger partial charge in [-0.25, -0.2) is 9.37 Å². The van der Waals surface area contributed by atoms with E-state index in [2.05, 4.69) is 32.4 Å². The summed E-state index contributed by atoms with van der Waals surface area (Å²) in [6.07, 6.45) is 6.12. The van der Waals surface area contributed by atoms with E-state index in [-0.39, 0.29) is 29.8 Å². The van der Waals surface area contributed by atoms with Crippen molar-refractivity contribution >= 4 is 29.9 Å². The van der Waals surface area contributed by atoms with E-state index in [1.165, 1.54) is 38.1 Å². The zero-order valence-corrected chi connectivity index (χ0v) is 20.2. The minimum atomic E-state index is -0.269. The summed E-state index contributed by atoms with van der Waals surface area (Å²) >= 11 is 0. The quantitative estimate of drug-likeness (QED) is 0.235. The summed E-state index contributed by atoms with van der Waals surface area (Å²) in [7, 11) is 1.78. The second-order valence-corrected chi connectivity index (χ2v) is 7.70. The standard InChI is InChI=1S/C22H32FN5O.HI/c1-17-9-14-28(15-10-17)13-3-11-25-22(24-2)26-12-8-20-16-29-21(27-20)18-4-6-19(23)7-5-18;/h4-7,16-17H,3,8-15H2,1-2H3,(H2,24,25,26);1H. The van der Waals surface area contributed by atoms with Gasteiger partial charge in [0.25, 0.3) is 0 Å². The number of rotatable bonds is 8. The van der Waals surface area contributed by atoms with Gasteiger partial charge in [0.1, 0.15) is 12.1 Å². The molecule has 6 nitrogen and oxygen atoms in total. The van der Waals surface area contributed by atoms with Gasteiger partial charge in [0.2, 0.25) is 5.89 Å². The molecule has 0 amide bonds. The fraction of sp³-hybridized carbons (Fsp3) is 0.545. The van der Waals surface area contributed by atoms with E-state index in [0.29, 0.717) is 12.4 Å². The van der Waals surface area contributed by atoms with Gasteiger partial charge in [0, 0.05) is 32.1 Å². The summed E-state index contributed by atoms with van der Waals surface area (Å²) in [5.74, 6) is 1.92. The first kappa shape index (κ1) is 24.6. The largest absolute Gasteiger partial charge is 0.444 e. The molecule has 0 atom stereocenters. The Morgan fingerprint density at radius 2 is 1.90 bits per heavy atom. The molecular weight excluding hydrogens is 496 g/mol. The van der Waals surface area contributed by atoms with Crippen LogP contribution < -0.4 is 10.6 Å². The Bertz CT molecular complexity index is 772. The fourth-order valence-electron chi connectivity index (χ4n) is 3.47. The van der Waals surface area contributed by atoms with Crippen molar-refractivity contribution < 1.29 is 8.81 Å². The number of aromatic nitrogens is 1. The highest BCUT2D eigenvalue weighted by atomic mass is 127. The van der Waals surface area contributed by atoms with Gasteiger partial charge in [-0.1, -0.05) is 6.92 Å². The average molecular weight is 529 g/mol. The fourth-order valence-corrected chi connectivity index (χ4v) is 3.47. The van der Waals surface area contributed by atoms with Crippen LogP contribution in [0.2, 0.25) is 0 Å². The smallest absolute Gasteiger partial charge is 0.226 e. The van der Waals surface area contributed by atoms with Crippen molar-refractivity contribution in [3.63, 3.8) is 0 Å². The second-order valence-electron chi connectivity index (χ2n) is 7.70. The first-order valence-corrected chi connectivity index (χ1v) is 10.5. The average Bonchev–Trinajstić information content (AvgIpc) is 3.20. The molecule has 166 valence electrons. The number of hydrogen-bond acceptors (Lipinski definition) is 4. The normalized spacial score (nSPS) is 15.6. The molecule has 1 aromatic carbocycles. The third kappa shape index (κ3) is 7.86. The van der Waals surface area contributed by atoms with Gasteiger partial charge >= 0.3 is 0 Å². The maximum atomic E-state index is 13.0. The van der Waals surface area contributed by atoms with E-state index in [0.717, 1.165) is 49.1 Å². The molecule has 2 N–H and O–H groups in total. The molecule has 1 fully saturated rings. The minimum absolute atomic E-state index is 0. The number of nitrogens with zero attached hydrogens (tertiary/aromatic N) is 3. The molecule has 1 saturated heterocycles. The Hall–Kier alpha value is -1.68. The topological polar surface area (TPSA) is 65.7 Å². The molecule has 0 unspecified atom stereocenters. The molecule has 0 bridgehead atoms. The second kappa shape index (κ2) is 12.9. The van der Waals surface area contributed by atoms with Crippen LogP contribution in [0.5, 0.6) is 0 Å². The summed E-state index contributed by atoms with van der Waals surface area (Å²) < 4.78 is 18.5. The lowest BCUT2D eigenvalue weighted by Gasteiger charge is -2.30. The van der Waals surface area contributed by atoms with Crippen molar-refractivity contribution in [2.45, 2.75) is 32.6 Å². The lowest BCUT2D eigenvalue weighted by molar-refractivity contribution is 0.191. The summed E-state index contributed by atoms with van der Waals surface area (Å²) in [5.41, 5.74) is 1.62. The van der Waals surface area contributed by atoms with Crippen LogP contribution in [-0.2, 0) is 6.42 Å². The number of piperidine rings is 1. The van der Waals surface area contributed by atoms with Crippen molar-refractivity contribution in [1.29, 1.82) is 0 Å². The molecule has 8 heteroatoms. The van der Waals surface area contributed by atoms with E-state index in [9.17, 15) is 4.39 Å². The van der Waals surface area contributed by atoms with Gasteiger partial charge in [0.05, 0.1) is 5.69 Å². The van der Waals surface area contributed by atoms with E-state index >= 15 is 0 Å². The van der Waals surface area contributed by atoms with Gasteiger partial charge in [0.15, 0.2) is 5.96 Å². The molecule has 1 aliphatic rings. The van der Waals surface area contributed by atoms with Gasteiger partial charge in [-0.3, -0.25) is 4.99 Å². The number of oxazole rings is 1. The molecule has 1 aromatic heterocycles. The van der Waals surface area contributed by atoms with Crippen molar-refractivity contribution in [2.75, 3.05) is 39.8 Å². The van der Waals surface area contributed by atoms with Crippen LogP contribution in [0.15, 0.2) is 39.9 Å². The Morgan fingerprint density at radius 1 is 1.20 bits per heavy atom. The molecule has 2 aromatic rings. The summed E-state index contributed by atoms with van der Waals surface area (Å²) in [5, 5.41) is 6.69. The molecule has 1 aliphatic heterocycles. The molecule has 3 rings (SSSR count). The first-order valence-electron chi connectivity index (χ1n) is 10.5. The zero-order valence-electron chi connectivity index (χ0n) is 17.9. The number of likely N-dealkylation sites (tertiary alicyclic amines) is 1. The van der Waals surface area contributed by atoms with Gasteiger partial charge < -0.3 is 20.0 Å². The SMILES string of the molecule is CN=C(NCCCN1CCC(C)CC1)NCCc1coc(-c2ccc(F)cc2)n1.I. The van der Waals surface area contributed by atoms with Crippen LogP contribution in [0.1, 0.15) is 31.9 Å². The third-order valence-electron chi connectivity index (χ3n) is 5.36. The number of guanidine groups is 1. The number of benzene rings is 1. The summed E-state index contributed by atoms with van der Waals surface area (Å²) in [4.78, 5) is 11.3. The Morgan fingerprint density at radius 3 is 2.60 bits per heavy atom. The Kier molecular flexibility index (Phi) is 10.6. The van der Waals surface area contributed by atoms with Crippen molar-refractivity contribution in [3.8, 4) is 11.5 Å². The zero-order chi connectivity index (χ0) is 20.5. The van der Waals surface area contributed by atoms with E-state index in [1.807, 2.05) is 0 Å². The van der Waals surface area contributed by atoms with Crippen LogP contribution in [0.25, 0.3) is 11.5 Å². The number of hydrogen-bond donors (Lipinski definition) is 2. The highest BCUT2D eigenvalue weighted by Crippen LogP contribution is 2.19. The molecule has 0 aliphatic carbocycles. The predicted molar refractivity (Wildman–Crippen MR) is 130 cm³/mol. The number of halogens is 2. The molecule has 2 heterocycles. The van der Waals surface area contributed by atoms with Crippen LogP contribution >= 0.6 is 24.0 Å². The maximum Gasteiger partial charge on any atom is 0.226 e. The lowest BCUT2D eigenvalue weighted by atomic mass is 9.99. The van der Waals surface area contributed by atoms with Gasteiger partial charge in [-0.2, -0.15) is 0 Å². The molecule has 0 saturated carbocycles. The molecule has 0 radical (unpaired) electrons. The maximum absolute atomic E-state index is 13.0. The lowest BCUT2D eigenvalue weighted by Crippen LogP contribution is -2.40. The first-order chi connectivity index (χ1) is 14.1. The minimum Gasteiger partial charge on any atom is -0.444 e. The van der Waals surface area contributed by atoms with Gasteiger partial charge in [-0.05, 0) is 69.1 Å². The monoisotopic (exact) mass is 529 g/mol. The summed E-state index contributed by atoms with van der Waals surface area (Å²) in [6, 6.07) is 6.14. The van der Waals surface area contributed by atoms with Crippen LogP contribution in [-0.4, -0.2) is 55.6 Å². The highest BCUT2D eigenvalue weighted by molar-refractivity contribution is 14.0.